The van der Waals surface area contributed by atoms with E-state index in [1.165, 1.54) is 13.8 Å². The van der Waals surface area contributed by atoms with Crippen LogP contribution < -0.4 is 21.7 Å². The number of carboxylic acids is 1. The standard InChI is InChI=1S/C16H30N4O5/c1-7(2)11(19-13(21)9(5)17)15(23)18-10(6)14(22)20-12(8(3)4)16(24)25/h7-12H,17H2,1-6H3,(H,18,23)(H,19,21)(H,20,22)(H,24,25). The molecule has 0 spiro atoms. The summed E-state index contributed by atoms with van der Waals surface area (Å²) in [7, 11) is 0. The third-order valence-corrected chi connectivity index (χ3v) is 3.64. The maximum absolute atomic E-state index is 12.3. The lowest BCUT2D eigenvalue weighted by Gasteiger charge is -2.25. The summed E-state index contributed by atoms with van der Waals surface area (Å²) in [4.78, 5) is 47.3. The Bertz CT molecular complexity index is 505. The number of hydrogen-bond donors (Lipinski definition) is 5. The Morgan fingerprint density at radius 3 is 1.52 bits per heavy atom. The smallest absolute Gasteiger partial charge is 0.326 e. The van der Waals surface area contributed by atoms with Crippen LogP contribution in [0, 0.1) is 11.8 Å². The summed E-state index contributed by atoms with van der Waals surface area (Å²) >= 11 is 0. The molecule has 25 heavy (non-hydrogen) atoms. The van der Waals surface area contributed by atoms with Gasteiger partial charge in [-0.3, -0.25) is 14.4 Å². The van der Waals surface area contributed by atoms with Crippen molar-refractivity contribution in [3.05, 3.63) is 0 Å². The van der Waals surface area contributed by atoms with Crippen LogP contribution in [-0.2, 0) is 19.2 Å². The number of nitrogens with two attached hydrogens (primary N) is 1. The van der Waals surface area contributed by atoms with E-state index in [1.807, 2.05) is 0 Å². The fourth-order valence-corrected chi connectivity index (χ4v) is 1.98. The summed E-state index contributed by atoms with van der Waals surface area (Å²) in [6.45, 7) is 9.77. The highest BCUT2D eigenvalue weighted by Crippen LogP contribution is 2.05. The van der Waals surface area contributed by atoms with Crippen LogP contribution in [0.3, 0.4) is 0 Å². The van der Waals surface area contributed by atoms with Crippen LogP contribution in [0.5, 0.6) is 0 Å². The normalized spacial score (nSPS) is 15.9. The Kier molecular flexibility index (Phi) is 9.11. The highest BCUT2D eigenvalue weighted by atomic mass is 16.4. The number of carbonyl (C=O) groups is 4. The van der Waals surface area contributed by atoms with E-state index in [1.54, 1.807) is 27.7 Å². The van der Waals surface area contributed by atoms with E-state index in [9.17, 15) is 19.2 Å². The van der Waals surface area contributed by atoms with Gasteiger partial charge in [0.15, 0.2) is 0 Å². The molecule has 0 aliphatic heterocycles. The molecular weight excluding hydrogens is 328 g/mol. The lowest BCUT2D eigenvalue weighted by molar-refractivity contribution is -0.143. The first kappa shape index (κ1) is 22.8. The zero-order valence-electron chi connectivity index (χ0n) is 15.6. The Labute approximate surface area is 148 Å². The minimum Gasteiger partial charge on any atom is -0.480 e. The van der Waals surface area contributed by atoms with E-state index in [4.69, 9.17) is 10.8 Å². The van der Waals surface area contributed by atoms with Crippen LogP contribution in [-0.4, -0.2) is 53.0 Å². The number of amides is 3. The van der Waals surface area contributed by atoms with Gasteiger partial charge in [0.2, 0.25) is 17.7 Å². The summed E-state index contributed by atoms with van der Waals surface area (Å²) in [5.74, 6) is -3.31. The number of nitrogens with one attached hydrogen (secondary N) is 3. The molecule has 4 atom stereocenters. The van der Waals surface area contributed by atoms with Crippen LogP contribution in [0.1, 0.15) is 41.5 Å². The largest absolute Gasteiger partial charge is 0.480 e. The average molecular weight is 358 g/mol. The van der Waals surface area contributed by atoms with Crippen molar-refractivity contribution in [3.63, 3.8) is 0 Å². The summed E-state index contributed by atoms with van der Waals surface area (Å²) in [5, 5.41) is 16.5. The lowest BCUT2D eigenvalue weighted by Crippen LogP contribution is -2.57. The summed E-state index contributed by atoms with van der Waals surface area (Å²) in [6, 6.07) is -3.63. The van der Waals surface area contributed by atoms with Crippen molar-refractivity contribution in [1.82, 2.24) is 16.0 Å². The van der Waals surface area contributed by atoms with Gasteiger partial charge in [-0.15, -0.1) is 0 Å². The molecule has 0 aromatic rings. The van der Waals surface area contributed by atoms with Crippen molar-refractivity contribution >= 4 is 23.7 Å². The maximum Gasteiger partial charge on any atom is 0.326 e. The van der Waals surface area contributed by atoms with Crippen molar-refractivity contribution < 1.29 is 24.3 Å². The van der Waals surface area contributed by atoms with Crippen LogP contribution >= 0.6 is 0 Å². The lowest BCUT2D eigenvalue weighted by atomic mass is 10.0. The van der Waals surface area contributed by atoms with Crippen LogP contribution in [0.15, 0.2) is 0 Å². The van der Waals surface area contributed by atoms with E-state index in [2.05, 4.69) is 16.0 Å². The van der Waals surface area contributed by atoms with Gasteiger partial charge in [0.1, 0.15) is 18.1 Å². The van der Waals surface area contributed by atoms with E-state index >= 15 is 0 Å². The highest BCUT2D eigenvalue weighted by molar-refractivity contribution is 5.93. The molecule has 0 rings (SSSR count). The summed E-state index contributed by atoms with van der Waals surface area (Å²) < 4.78 is 0. The number of carbonyl (C=O) groups excluding carboxylic acids is 3. The van der Waals surface area contributed by atoms with Gasteiger partial charge in [0, 0.05) is 0 Å². The number of carboxylic acid groups (broad SMARTS) is 1. The van der Waals surface area contributed by atoms with E-state index in [0.717, 1.165) is 0 Å². The van der Waals surface area contributed by atoms with Crippen molar-refractivity contribution in [1.29, 1.82) is 0 Å². The van der Waals surface area contributed by atoms with Gasteiger partial charge < -0.3 is 26.8 Å². The molecule has 9 nitrogen and oxygen atoms in total. The molecule has 3 amide bonds. The van der Waals surface area contributed by atoms with Gasteiger partial charge in [-0.2, -0.15) is 0 Å². The molecule has 0 aliphatic rings. The minimum absolute atomic E-state index is 0.222. The van der Waals surface area contributed by atoms with Gasteiger partial charge in [-0.25, -0.2) is 4.79 Å². The molecular formula is C16H30N4O5. The van der Waals surface area contributed by atoms with Crippen molar-refractivity contribution in [3.8, 4) is 0 Å². The SMILES string of the molecule is CC(N)C(=O)NC(C(=O)NC(C)C(=O)NC(C(=O)O)C(C)C)C(C)C. The topological polar surface area (TPSA) is 151 Å². The fraction of sp³-hybridized carbons (Fsp3) is 0.750. The van der Waals surface area contributed by atoms with Crippen LogP contribution in [0.4, 0.5) is 0 Å². The Morgan fingerprint density at radius 2 is 1.16 bits per heavy atom. The molecule has 0 radical (unpaired) electrons. The van der Waals surface area contributed by atoms with Gasteiger partial charge in [0.05, 0.1) is 6.04 Å². The Balaban J connectivity index is 4.91. The number of aliphatic carboxylic acids is 1. The molecule has 6 N–H and O–H groups in total. The molecule has 0 aromatic heterocycles. The second kappa shape index (κ2) is 9.97. The molecule has 0 heterocycles. The average Bonchev–Trinajstić information content (AvgIpc) is 2.47. The molecule has 0 bridgehead atoms. The molecule has 0 saturated carbocycles. The Hall–Kier alpha value is -2.16. The van der Waals surface area contributed by atoms with Crippen molar-refractivity contribution in [2.45, 2.75) is 65.7 Å². The second-order valence-electron chi connectivity index (χ2n) is 6.82. The molecule has 144 valence electrons. The van der Waals surface area contributed by atoms with Crippen LogP contribution in [0.25, 0.3) is 0 Å². The first-order valence-corrected chi connectivity index (χ1v) is 8.27. The molecule has 4 unspecified atom stereocenters. The first-order valence-electron chi connectivity index (χ1n) is 8.27. The number of rotatable bonds is 9. The van der Waals surface area contributed by atoms with Gasteiger partial charge in [0.25, 0.3) is 0 Å². The second-order valence-corrected chi connectivity index (χ2v) is 6.82. The first-order chi connectivity index (χ1) is 11.4. The van der Waals surface area contributed by atoms with Gasteiger partial charge in [-0.1, -0.05) is 27.7 Å². The van der Waals surface area contributed by atoms with Gasteiger partial charge >= 0.3 is 5.97 Å². The number of hydrogen-bond acceptors (Lipinski definition) is 5. The maximum atomic E-state index is 12.3. The highest BCUT2D eigenvalue weighted by Gasteiger charge is 2.30. The minimum atomic E-state index is -1.15. The molecule has 0 aromatic carbocycles. The zero-order valence-corrected chi connectivity index (χ0v) is 15.6. The van der Waals surface area contributed by atoms with Crippen LogP contribution in [0.2, 0.25) is 0 Å². The molecule has 0 saturated heterocycles. The monoisotopic (exact) mass is 358 g/mol. The van der Waals surface area contributed by atoms with E-state index in [-0.39, 0.29) is 11.8 Å². The summed E-state index contributed by atoms with van der Waals surface area (Å²) in [5.41, 5.74) is 5.48. The van der Waals surface area contributed by atoms with Crippen molar-refractivity contribution in [2.75, 3.05) is 0 Å². The predicted octanol–water partition coefficient (Wildman–Crippen LogP) is -0.795. The zero-order chi connectivity index (χ0) is 19.9. The third-order valence-electron chi connectivity index (χ3n) is 3.64. The Morgan fingerprint density at radius 1 is 0.720 bits per heavy atom. The fourth-order valence-electron chi connectivity index (χ4n) is 1.98. The van der Waals surface area contributed by atoms with E-state index in [0.29, 0.717) is 0 Å². The van der Waals surface area contributed by atoms with Gasteiger partial charge in [-0.05, 0) is 25.7 Å². The molecule has 9 heteroatoms. The predicted molar refractivity (Wildman–Crippen MR) is 92.4 cm³/mol. The third kappa shape index (κ3) is 7.51. The summed E-state index contributed by atoms with van der Waals surface area (Å²) in [6.07, 6.45) is 0. The molecule has 0 fully saturated rings. The quantitative estimate of drug-likeness (QED) is 0.364. The molecule has 0 aliphatic carbocycles. The van der Waals surface area contributed by atoms with Crippen molar-refractivity contribution in [2.24, 2.45) is 17.6 Å². The van der Waals surface area contributed by atoms with E-state index < -0.39 is 47.9 Å².